The summed E-state index contributed by atoms with van der Waals surface area (Å²) in [4.78, 5) is 32.3. The van der Waals surface area contributed by atoms with Crippen molar-refractivity contribution in [3.63, 3.8) is 0 Å². The first kappa shape index (κ1) is 23.6. The number of aryl methyl sites for hydroxylation is 1. The van der Waals surface area contributed by atoms with Crippen LogP contribution in [0.25, 0.3) is 11.4 Å². The molecule has 0 bridgehead atoms. The second kappa shape index (κ2) is 9.15. The van der Waals surface area contributed by atoms with Gasteiger partial charge in [0.1, 0.15) is 23.4 Å². The van der Waals surface area contributed by atoms with E-state index in [0.717, 1.165) is 30.3 Å². The Bertz CT molecular complexity index is 1370. The Labute approximate surface area is 208 Å². The average molecular weight is 488 g/mol. The van der Waals surface area contributed by atoms with Crippen LogP contribution in [-0.4, -0.2) is 57.0 Å². The second-order valence-electron chi connectivity index (χ2n) is 9.45. The molecule has 0 radical (unpaired) electrons. The number of rotatable bonds is 6. The number of methoxy groups -OCH3 is 1. The van der Waals surface area contributed by atoms with Gasteiger partial charge in [0, 0.05) is 41.9 Å². The Morgan fingerprint density at radius 2 is 2.11 bits per heavy atom. The number of carbonyl (C=O) groups is 1. The predicted molar refractivity (Wildman–Crippen MR) is 130 cm³/mol. The van der Waals surface area contributed by atoms with Crippen LogP contribution in [0.2, 0.25) is 0 Å². The molecule has 1 aliphatic heterocycles. The largest absolute Gasteiger partial charge is 0.481 e. The molecule has 0 aromatic carbocycles. The molecule has 5 rings (SSSR count). The lowest BCUT2D eigenvalue weighted by Crippen LogP contribution is -2.34. The van der Waals surface area contributed by atoms with E-state index in [1.54, 1.807) is 19.2 Å². The van der Waals surface area contributed by atoms with E-state index in [1.807, 2.05) is 30.0 Å². The zero-order valence-electron chi connectivity index (χ0n) is 20.3. The monoisotopic (exact) mass is 487 g/mol. The Morgan fingerprint density at radius 3 is 2.81 bits per heavy atom. The van der Waals surface area contributed by atoms with Crippen LogP contribution in [0.5, 0.6) is 5.88 Å². The number of nitrogens with one attached hydrogen (secondary N) is 1. The molecule has 9 nitrogen and oxygen atoms in total. The Hall–Kier alpha value is -4.13. The van der Waals surface area contributed by atoms with Gasteiger partial charge in [0.25, 0.3) is 0 Å². The van der Waals surface area contributed by atoms with E-state index in [0.29, 0.717) is 30.4 Å². The maximum Gasteiger partial charge on any atom is 0.230 e. The topological polar surface area (TPSA) is 117 Å². The van der Waals surface area contributed by atoms with E-state index in [-0.39, 0.29) is 28.8 Å². The van der Waals surface area contributed by atoms with Crippen molar-refractivity contribution in [2.45, 2.75) is 38.6 Å². The molecule has 1 amide bonds. The van der Waals surface area contributed by atoms with Crippen LogP contribution < -0.4 is 10.1 Å². The third-order valence-electron chi connectivity index (χ3n) is 7.18. The highest BCUT2D eigenvalue weighted by Gasteiger charge is 2.56. The molecule has 2 aliphatic rings. The molecular weight excluding hydrogens is 461 g/mol. The molecule has 184 valence electrons. The summed E-state index contributed by atoms with van der Waals surface area (Å²) in [6.45, 7) is 4.74. The summed E-state index contributed by atoms with van der Waals surface area (Å²) in [7, 11) is 1.46. The van der Waals surface area contributed by atoms with Crippen molar-refractivity contribution >= 4 is 11.7 Å². The molecule has 36 heavy (non-hydrogen) atoms. The van der Waals surface area contributed by atoms with Crippen molar-refractivity contribution in [1.82, 2.24) is 24.8 Å². The number of carbonyl (C=O) groups excluding carboxylic acids is 1. The number of halogens is 1. The molecule has 1 N–H and O–H groups in total. The third kappa shape index (κ3) is 4.33. The van der Waals surface area contributed by atoms with Gasteiger partial charge in [-0.3, -0.25) is 4.79 Å². The normalized spacial score (nSPS) is 18.5. The third-order valence-corrected chi connectivity index (χ3v) is 7.18. The first-order valence-electron chi connectivity index (χ1n) is 11.8. The van der Waals surface area contributed by atoms with Gasteiger partial charge in [-0.25, -0.2) is 24.3 Å². The smallest absolute Gasteiger partial charge is 0.230 e. The summed E-state index contributed by atoms with van der Waals surface area (Å²) in [5.41, 5.74) is 2.07. The lowest BCUT2D eigenvalue weighted by molar-refractivity contribution is -0.131. The first-order valence-corrected chi connectivity index (χ1v) is 11.8. The van der Waals surface area contributed by atoms with E-state index in [9.17, 15) is 9.18 Å². The van der Waals surface area contributed by atoms with E-state index < -0.39 is 11.7 Å². The summed E-state index contributed by atoms with van der Waals surface area (Å²) in [5.74, 6) is 0.148. The standard InChI is InChI=1S/C26H26FN7O2/c1-15(19-10-23(36-3)30-12-20(19)27)25(35)34-13-21(26(14-34)7-8-26)33-22-5-4-18(16(2)31-22)24-29-9-6-17(11-28)32-24/h4-6,9-10,12,15,21H,7-8,13-14H2,1-3H3,(H,31,33)/t15-,21-/m1/s1. The Kier molecular flexibility index (Phi) is 6.00. The van der Waals surface area contributed by atoms with Crippen LogP contribution in [0, 0.1) is 29.5 Å². The quantitative estimate of drug-likeness (QED) is 0.562. The number of hydrogen-bond acceptors (Lipinski definition) is 8. The lowest BCUT2D eigenvalue weighted by Gasteiger charge is -2.22. The van der Waals surface area contributed by atoms with Crippen molar-refractivity contribution in [3.05, 3.63) is 59.4 Å². The van der Waals surface area contributed by atoms with Gasteiger partial charge in [-0.15, -0.1) is 0 Å². The van der Waals surface area contributed by atoms with Gasteiger partial charge in [0.05, 0.1) is 31.0 Å². The Morgan fingerprint density at radius 1 is 1.31 bits per heavy atom. The van der Waals surface area contributed by atoms with E-state index in [2.05, 4.69) is 20.3 Å². The molecule has 3 aromatic heterocycles. The fourth-order valence-corrected chi connectivity index (χ4v) is 4.89. The molecule has 1 saturated carbocycles. The molecule has 1 saturated heterocycles. The highest BCUT2D eigenvalue weighted by Crippen LogP contribution is 2.54. The number of pyridine rings is 2. The number of aromatic nitrogens is 4. The van der Waals surface area contributed by atoms with Crippen molar-refractivity contribution < 1.29 is 13.9 Å². The molecule has 4 heterocycles. The molecule has 10 heteroatoms. The zero-order chi connectivity index (χ0) is 25.4. The van der Waals surface area contributed by atoms with Crippen LogP contribution in [0.15, 0.2) is 36.7 Å². The maximum absolute atomic E-state index is 14.4. The van der Waals surface area contributed by atoms with E-state index in [4.69, 9.17) is 15.0 Å². The fraction of sp³-hybridized carbons (Fsp3) is 0.385. The van der Waals surface area contributed by atoms with Crippen molar-refractivity contribution in [2.24, 2.45) is 5.41 Å². The minimum atomic E-state index is -0.653. The van der Waals surface area contributed by atoms with Crippen molar-refractivity contribution in [2.75, 3.05) is 25.5 Å². The summed E-state index contributed by atoms with van der Waals surface area (Å²) in [5, 5.41) is 12.6. The van der Waals surface area contributed by atoms with Gasteiger partial charge in [-0.05, 0) is 44.9 Å². The number of anilines is 1. The predicted octanol–water partition coefficient (Wildman–Crippen LogP) is 3.47. The molecule has 1 aliphatic carbocycles. The number of nitrogens with zero attached hydrogens (tertiary/aromatic N) is 6. The van der Waals surface area contributed by atoms with Crippen molar-refractivity contribution in [3.8, 4) is 23.3 Å². The summed E-state index contributed by atoms with van der Waals surface area (Å²) >= 11 is 0. The van der Waals surface area contributed by atoms with Crippen LogP contribution >= 0.6 is 0 Å². The minimum absolute atomic E-state index is 0.00233. The van der Waals surface area contributed by atoms with Gasteiger partial charge in [-0.2, -0.15) is 5.26 Å². The SMILES string of the molecule is COc1cc([C@@H](C)C(=O)N2C[C@@H](Nc3ccc(-c4nccc(C#N)n4)c(C)n3)C3(CC3)C2)c(F)cn1. The number of ether oxygens (including phenoxy) is 1. The number of hydrogen-bond donors (Lipinski definition) is 1. The van der Waals surface area contributed by atoms with Gasteiger partial charge >= 0.3 is 0 Å². The molecule has 2 atom stereocenters. The minimum Gasteiger partial charge on any atom is -0.481 e. The van der Waals surface area contributed by atoms with Gasteiger partial charge in [0.2, 0.25) is 11.8 Å². The molecule has 1 spiro atoms. The number of nitriles is 1. The van der Waals surface area contributed by atoms with Crippen LogP contribution in [0.4, 0.5) is 10.2 Å². The number of likely N-dealkylation sites (tertiary alicyclic amines) is 1. The van der Waals surface area contributed by atoms with E-state index >= 15 is 0 Å². The van der Waals surface area contributed by atoms with Gasteiger partial charge in [0.15, 0.2) is 5.82 Å². The van der Waals surface area contributed by atoms with Crippen molar-refractivity contribution in [1.29, 1.82) is 5.26 Å². The fourth-order valence-electron chi connectivity index (χ4n) is 4.89. The average Bonchev–Trinajstić information content (AvgIpc) is 3.59. The van der Waals surface area contributed by atoms with E-state index in [1.165, 1.54) is 13.2 Å². The lowest BCUT2D eigenvalue weighted by atomic mass is 10.00. The summed E-state index contributed by atoms with van der Waals surface area (Å²) in [6.07, 6.45) is 4.69. The highest BCUT2D eigenvalue weighted by molar-refractivity contribution is 5.84. The summed E-state index contributed by atoms with van der Waals surface area (Å²) in [6, 6.07) is 8.87. The molecule has 3 aromatic rings. The molecule has 0 unspecified atom stereocenters. The van der Waals surface area contributed by atoms with Crippen LogP contribution in [0.3, 0.4) is 0 Å². The number of amides is 1. The second-order valence-corrected chi connectivity index (χ2v) is 9.45. The van der Waals surface area contributed by atoms with Gasteiger partial charge < -0.3 is 15.0 Å². The summed E-state index contributed by atoms with van der Waals surface area (Å²) < 4.78 is 19.5. The zero-order valence-corrected chi connectivity index (χ0v) is 20.3. The van der Waals surface area contributed by atoms with Crippen LogP contribution in [-0.2, 0) is 4.79 Å². The first-order chi connectivity index (χ1) is 17.3. The molecular formula is C26H26FN7O2. The molecule has 2 fully saturated rings. The Balaban J connectivity index is 1.31. The van der Waals surface area contributed by atoms with Gasteiger partial charge in [-0.1, -0.05) is 0 Å². The van der Waals surface area contributed by atoms with Crippen LogP contribution in [0.1, 0.15) is 42.6 Å². The highest BCUT2D eigenvalue weighted by atomic mass is 19.1. The maximum atomic E-state index is 14.4.